The van der Waals surface area contributed by atoms with Gasteiger partial charge in [-0.1, -0.05) is 29.8 Å². The Kier molecular flexibility index (Phi) is 7.56. The summed E-state index contributed by atoms with van der Waals surface area (Å²) < 4.78 is 15.9. The highest BCUT2D eigenvalue weighted by molar-refractivity contribution is 6.32. The molecule has 7 heteroatoms. The Morgan fingerprint density at radius 1 is 1.19 bits per heavy atom. The molecule has 2 N–H and O–H groups in total. The number of methoxy groups -OCH3 is 2. The van der Waals surface area contributed by atoms with Crippen molar-refractivity contribution in [1.29, 1.82) is 0 Å². The van der Waals surface area contributed by atoms with Crippen LogP contribution in [0.15, 0.2) is 36.4 Å². The maximum Gasteiger partial charge on any atom is 0.319 e. The zero-order valence-electron chi connectivity index (χ0n) is 15.1. The molecule has 0 aliphatic carbocycles. The Bertz CT molecular complexity index is 752. The fourth-order valence-electron chi connectivity index (χ4n) is 2.43. The Morgan fingerprint density at radius 3 is 2.65 bits per heavy atom. The molecule has 0 aliphatic rings. The number of amides is 2. The van der Waals surface area contributed by atoms with Gasteiger partial charge in [-0.05, 0) is 30.7 Å². The Labute approximate surface area is 158 Å². The molecule has 140 valence electrons. The molecule has 0 heterocycles. The Morgan fingerprint density at radius 2 is 1.96 bits per heavy atom. The summed E-state index contributed by atoms with van der Waals surface area (Å²) in [7, 11) is 3.16. The smallest absolute Gasteiger partial charge is 0.319 e. The number of nitrogens with one attached hydrogen (secondary N) is 2. The molecule has 6 nitrogen and oxygen atoms in total. The third kappa shape index (κ3) is 5.28. The zero-order valence-corrected chi connectivity index (χ0v) is 15.9. The van der Waals surface area contributed by atoms with Gasteiger partial charge < -0.3 is 24.8 Å². The minimum atomic E-state index is -0.322. The lowest BCUT2D eigenvalue weighted by Crippen LogP contribution is -2.28. The van der Waals surface area contributed by atoms with Gasteiger partial charge in [-0.2, -0.15) is 0 Å². The van der Waals surface area contributed by atoms with E-state index >= 15 is 0 Å². The Balaban J connectivity index is 2.02. The van der Waals surface area contributed by atoms with Crippen LogP contribution in [0, 0.1) is 0 Å². The highest BCUT2D eigenvalue weighted by Gasteiger charge is 2.12. The molecule has 0 bridgehead atoms. The maximum atomic E-state index is 12.2. The number of ether oxygens (including phenoxy) is 3. The molecule has 0 aromatic heterocycles. The second kappa shape index (κ2) is 9.89. The van der Waals surface area contributed by atoms with Gasteiger partial charge in [-0.3, -0.25) is 0 Å². The van der Waals surface area contributed by atoms with E-state index in [9.17, 15) is 4.79 Å². The maximum absolute atomic E-state index is 12.2. The summed E-state index contributed by atoms with van der Waals surface area (Å²) in [6.07, 6.45) is 0. The molecule has 0 unspecified atom stereocenters. The second-order valence-electron chi connectivity index (χ2n) is 5.44. The summed E-state index contributed by atoms with van der Waals surface area (Å²) >= 11 is 6.25. The summed E-state index contributed by atoms with van der Waals surface area (Å²) in [6, 6.07) is 10.7. The molecule has 0 aliphatic heterocycles. The topological polar surface area (TPSA) is 68.8 Å². The molecule has 0 spiro atoms. The number of hydrogen-bond donors (Lipinski definition) is 2. The van der Waals surface area contributed by atoms with Gasteiger partial charge in [0.2, 0.25) is 0 Å². The van der Waals surface area contributed by atoms with Gasteiger partial charge in [0, 0.05) is 24.9 Å². The summed E-state index contributed by atoms with van der Waals surface area (Å²) in [5, 5.41) is 6.06. The number of para-hydroxylation sites is 1. The van der Waals surface area contributed by atoms with Gasteiger partial charge >= 0.3 is 6.03 Å². The number of hydrogen-bond acceptors (Lipinski definition) is 4. The van der Waals surface area contributed by atoms with Crippen LogP contribution < -0.4 is 20.1 Å². The van der Waals surface area contributed by atoms with Crippen LogP contribution in [-0.2, 0) is 17.9 Å². The van der Waals surface area contributed by atoms with E-state index in [2.05, 4.69) is 10.6 Å². The molecule has 0 saturated carbocycles. The van der Waals surface area contributed by atoms with Crippen molar-refractivity contribution in [2.45, 2.75) is 20.1 Å². The number of carbonyl (C=O) groups is 1. The van der Waals surface area contributed by atoms with Gasteiger partial charge in [0.05, 0.1) is 25.3 Å². The van der Waals surface area contributed by atoms with E-state index in [1.54, 1.807) is 26.4 Å². The fraction of sp³-hybridized carbons (Fsp3) is 0.316. The lowest BCUT2D eigenvalue weighted by molar-refractivity contribution is 0.185. The lowest BCUT2D eigenvalue weighted by atomic mass is 10.2. The van der Waals surface area contributed by atoms with E-state index in [0.717, 1.165) is 11.1 Å². The van der Waals surface area contributed by atoms with Crippen molar-refractivity contribution in [2.24, 2.45) is 0 Å². The molecule has 0 fully saturated rings. The quantitative estimate of drug-likeness (QED) is 0.721. The third-order valence-corrected chi connectivity index (χ3v) is 3.88. The predicted octanol–water partition coefficient (Wildman–Crippen LogP) is 4.22. The van der Waals surface area contributed by atoms with Gasteiger partial charge in [-0.15, -0.1) is 0 Å². The minimum Gasteiger partial charge on any atom is -0.493 e. The van der Waals surface area contributed by atoms with Crippen molar-refractivity contribution < 1.29 is 19.0 Å². The molecule has 0 radical (unpaired) electrons. The van der Waals surface area contributed by atoms with Crippen molar-refractivity contribution in [3.63, 3.8) is 0 Å². The van der Waals surface area contributed by atoms with Crippen LogP contribution in [0.4, 0.5) is 10.5 Å². The van der Waals surface area contributed by atoms with Crippen LogP contribution in [0.5, 0.6) is 11.5 Å². The number of carbonyl (C=O) groups excluding carboxylic acids is 1. The van der Waals surface area contributed by atoms with E-state index in [1.807, 2.05) is 31.2 Å². The average Bonchev–Trinajstić information content (AvgIpc) is 2.63. The molecule has 2 aromatic rings. The first-order valence-electron chi connectivity index (χ1n) is 8.20. The SMILES string of the molecule is CCOc1c(Cl)cc(CNC(=O)Nc2ccccc2COC)cc1OC. The first-order chi connectivity index (χ1) is 12.6. The molecular formula is C19H23ClN2O4. The van der Waals surface area contributed by atoms with Crippen molar-refractivity contribution >= 4 is 23.3 Å². The highest BCUT2D eigenvalue weighted by atomic mass is 35.5. The molecule has 26 heavy (non-hydrogen) atoms. The molecule has 0 saturated heterocycles. The molecule has 2 amide bonds. The van der Waals surface area contributed by atoms with Crippen molar-refractivity contribution in [3.05, 3.63) is 52.5 Å². The van der Waals surface area contributed by atoms with E-state index < -0.39 is 0 Å². The van der Waals surface area contributed by atoms with E-state index in [0.29, 0.717) is 42.0 Å². The van der Waals surface area contributed by atoms with Gasteiger partial charge in [0.1, 0.15) is 0 Å². The minimum absolute atomic E-state index is 0.292. The van der Waals surface area contributed by atoms with E-state index in [-0.39, 0.29) is 6.03 Å². The standard InChI is InChI=1S/C19H23ClN2O4/c1-4-26-18-15(20)9-13(10-17(18)25-3)11-21-19(23)22-16-8-6-5-7-14(16)12-24-2/h5-10H,4,11-12H2,1-3H3,(H2,21,22,23). The van der Waals surface area contributed by atoms with Crippen molar-refractivity contribution in [2.75, 3.05) is 26.1 Å². The predicted molar refractivity (Wildman–Crippen MR) is 102 cm³/mol. The van der Waals surface area contributed by atoms with Crippen LogP contribution in [0.3, 0.4) is 0 Å². The van der Waals surface area contributed by atoms with Crippen LogP contribution in [0.25, 0.3) is 0 Å². The van der Waals surface area contributed by atoms with Gasteiger partial charge in [0.15, 0.2) is 11.5 Å². The summed E-state index contributed by atoms with van der Waals surface area (Å²) in [5.41, 5.74) is 2.40. The number of urea groups is 1. The zero-order chi connectivity index (χ0) is 18.9. The summed E-state index contributed by atoms with van der Waals surface area (Å²) in [5.74, 6) is 1.03. The average molecular weight is 379 g/mol. The molecule has 2 aromatic carbocycles. The van der Waals surface area contributed by atoms with E-state index in [4.69, 9.17) is 25.8 Å². The molecule has 2 rings (SSSR count). The van der Waals surface area contributed by atoms with Crippen molar-refractivity contribution in [3.8, 4) is 11.5 Å². The normalized spacial score (nSPS) is 10.3. The monoisotopic (exact) mass is 378 g/mol. The number of halogens is 1. The number of rotatable bonds is 8. The van der Waals surface area contributed by atoms with Crippen LogP contribution >= 0.6 is 11.6 Å². The van der Waals surface area contributed by atoms with Crippen LogP contribution in [-0.4, -0.2) is 26.9 Å². The first kappa shape index (κ1) is 19.9. The Hall–Kier alpha value is -2.44. The van der Waals surface area contributed by atoms with Gasteiger partial charge in [0.25, 0.3) is 0 Å². The third-order valence-electron chi connectivity index (χ3n) is 3.60. The highest BCUT2D eigenvalue weighted by Crippen LogP contribution is 2.36. The largest absolute Gasteiger partial charge is 0.493 e. The van der Waals surface area contributed by atoms with Gasteiger partial charge in [-0.25, -0.2) is 4.79 Å². The summed E-state index contributed by atoms with van der Waals surface area (Å²) in [6.45, 7) is 3.07. The van der Waals surface area contributed by atoms with Crippen LogP contribution in [0.2, 0.25) is 5.02 Å². The first-order valence-corrected chi connectivity index (χ1v) is 8.57. The number of benzene rings is 2. The molecular weight excluding hydrogens is 356 g/mol. The van der Waals surface area contributed by atoms with Crippen molar-refractivity contribution in [1.82, 2.24) is 5.32 Å². The second-order valence-corrected chi connectivity index (χ2v) is 5.85. The molecule has 0 atom stereocenters. The number of anilines is 1. The fourth-order valence-corrected chi connectivity index (χ4v) is 2.72. The van der Waals surface area contributed by atoms with E-state index in [1.165, 1.54) is 0 Å². The summed E-state index contributed by atoms with van der Waals surface area (Å²) in [4.78, 5) is 12.2. The van der Waals surface area contributed by atoms with Crippen LogP contribution in [0.1, 0.15) is 18.1 Å². The lowest BCUT2D eigenvalue weighted by Gasteiger charge is -2.14.